The number of rotatable bonds is 8. The fourth-order valence-corrected chi connectivity index (χ4v) is 2.57. The summed E-state index contributed by atoms with van der Waals surface area (Å²) in [6.45, 7) is 8.62. The molecule has 0 heterocycles. The summed E-state index contributed by atoms with van der Waals surface area (Å²) in [6, 6.07) is 7.59. The molecule has 0 spiro atoms. The van der Waals surface area contributed by atoms with Crippen LogP contribution in [0.5, 0.6) is 0 Å². The molecule has 0 aromatic heterocycles. The highest BCUT2D eigenvalue weighted by Crippen LogP contribution is 2.10. The number of hydrogen-bond acceptors (Lipinski definition) is 3. The van der Waals surface area contributed by atoms with Crippen LogP contribution in [-0.2, 0) is 4.74 Å². The number of carbonyl (C=O) groups is 1. The molecule has 1 rings (SSSR count). The molecule has 0 bridgehead atoms. The third-order valence-electron chi connectivity index (χ3n) is 4.02. The summed E-state index contributed by atoms with van der Waals surface area (Å²) in [7, 11) is 1.39. The summed E-state index contributed by atoms with van der Waals surface area (Å²) in [4.78, 5) is 13.8. The van der Waals surface area contributed by atoms with Crippen LogP contribution >= 0.6 is 0 Å². The number of benzene rings is 1. The molecule has 0 radical (unpaired) electrons. The van der Waals surface area contributed by atoms with Crippen LogP contribution in [0.15, 0.2) is 24.3 Å². The lowest BCUT2D eigenvalue weighted by atomic mass is 10.1. The largest absolute Gasteiger partial charge is 0.465 e. The fourth-order valence-electron chi connectivity index (χ4n) is 2.57. The van der Waals surface area contributed by atoms with Crippen molar-refractivity contribution in [3.63, 3.8) is 0 Å². The number of hydrogen-bond donors (Lipinski definition) is 0. The van der Waals surface area contributed by atoms with E-state index < -0.39 is 0 Å². The minimum Gasteiger partial charge on any atom is -0.465 e. The van der Waals surface area contributed by atoms with Crippen LogP contribution in [-0.4, -0.2) is 37.1 Å². The van der Waals surface area contributed by atoms with E-state index in [1.165, 1.54) is 26.4 Å². The summed E-state index contributed by atoms with van der Waals surface area (Å²) in [6.07, 6.45) is 4.82. The van der Waals surface area contributed by atoms with Crippen molar-refractivity contribution in [2.75, 3.05) is 20.2 Å². The van der Waals surface area contributed by atoms with Gasteiger partial charge in [-0.1, -0.05) is 51.9 Å². The first-order valence-corrected chi connectivity index (χ1v) is 8.60. The van der Waals surface area contributed by atoms with Gasteiger partial charge in [-0.3, -0.25) is 4.90 Å². The van der Waals surface area contributed by atoms with Gasteiger partial charge in [0.2, 0.25) is 0 Å². The fraction of sp³-hybridized carbons (Fsp3) is 0.550. The second-order valence-corrected chi connectivity index (χ2v) is 5.57. The van der Waals surface area contributed by atoms with Gasteiger partial charge >= 0.3 is 5.97 Å². The normalized spacial score (nSPS) is 11.7. The Morgan fingerprint density at radius 3 is 2.30 bits per heavy atom. The van der Waals surface area contributed by atoms with E-state index in [9.17, 15) is 4.79 Å². The van der Waals surface area contributed by atoms with E-state index in [0.29, 0.717) is 11.6 Å². The van der Waals surface area contributed by atoms with E-state index in [2.05, 4.69) is 37.5 Å². The van der Waals surface area contributed by atoms with Gasteiger partial charge in [0.1, 0.15) is 0 Å². The van der Waals surface area contributed by atoms with Gasteiger partial charge in [0.15, 0.2) is 0 Å². The third-order valence-corrected chi connectivity index (χ3v) is 4.02. The van der Waals surface area contributed by atoms with Crippen LogP contribution in [0.25, 0.3) is 0 Å². The first-order valence-electron chi connectivity index (χ1n) is 8.60. The maximum atomic E-state index is 11.4. The highest BCUT2D eigenvalue weighted by atomic mass is 16.5. The van der Waals surface area contributed by atoms with E-state index >= 15 is 0 Å². The molecule has 1 aromatic rings. The van der Waals surface area contributed by atoms with Crippen molar-refractivity contribution in [3.8, 4) is 11.8 Å². The van der Waals surface area contributed by atoms with Gasteiger partial charge in [0.25, 0.3) is 0 Å². The van der Waals surface area contributed by atoms with Crippen LogP contribution in [0.2, 0.25) is 0 Å². The summed E-state index contributed by atoms with van der Waals surface area (Å²) in [5.41, 5.74) is 1.49. The molecule has 1 aromatic carbocycles. The van der Waals surface area contributed by atoms with Gasteiger partial charge in [0.05, 0.1) is 18.7 Å². The lowest BCUT2D eigenvalue weighted by Gasteiger charge is -2.25. The third kappa shape index (κ3) is 6.46. The molecule has 1 atom stereocenters. The van der Waals surface area contributed by atoms with Crippen molar-refractivity contribution in [3.05, 3.63) is 35.4 Å². The van der Waals surface area contributed by atoms with Crippen LogP contribution in [0.1, 0.15) is 62.4 Å². The molecule has 1 unspecified atom stereocenters. The van der Waals surface area contributed by atoms with Crippen LogP contribution in [0, 0.1) is 11.8 Å². The Balaban J connectivity index is 2.82. The van der Waals surface area contributed by atoms with Gasteiger partial charge in [-0.15, -0.1) is 0 Å². The number of esters is 1. The number of unbranched alkanes of at least 4 members (excludes halogenated alkanes) is 2. The molecule has 0 saturated heterocycles. The average Bonchev–Trinajstić information content (AvgIpc) is 2.60. The van der Waals surface area contributed by atoms with Crippen molar-refractivity contribution in [1.29, 1.82) is 0 Å². The predicted octanol–water partition coefficient (Wildman–Crippen LogP) is 4.12. The molecule has 0 aliphatic rings. The minimum atomic E-state index is -0.315. The molecule has 0 fully saturated rings. The quantitative estimate of drug-likeness (QED) is 0.411. The molecule has 3 nitrogen and oxygen atoms in total. The molecule has 0 N–H and O–H groups in total. The average molecular weight is 315 g/mol. The molecule has 0 amide bonds. The number of ether oxygens (including phenoxy) is 1. The number of methoxy groups -OCH3 is 1. The first kappa shape index (κ1) is 19.3. The Labute approximate surface area is 141 Å². The maximum Gasteiger partial charge on any atom is 0.337 e. The predicted molar refractivity (Wildman–Crippen MR) is 95.5 cm³/mol. The molecular formula is C20H29NO2. The Hall–Kier alpha value is -1.79. The lowest BCUT2D eigenvalue weighted by Crippen LogP contribution is -2.34. The Kier molecular flexibility index (Phi) is 9.09. The van der Waals surface area contributed by atoms with Crippen molar-refractivity contribution in [2.24, 2.45) is 0 Å². The highest BCUT2D eigenvalue weighted by molar-refractivity contribution is 5.89. The van der Waals surface area contributed by atoms with E-state index in [-0.39, 0.29) is 5.97 Å². The van der Waals surface area contributed by atoms with Gasteiger partial charge in [0, 0.05) is 5.56 Å². The smallest absolute Gasteiger partial charge is 0.337 e. The lowest BCUT2D eigenvalue weighted by molar-refractivity contribution is 0.0600. The summed E-state index contributed by atoms with van der Waals surface area (Å²) >= 11 is 0. The summed E-state index contributed by atoms with van der Waals surface area (Å²) < 4.78 is 4.71. The molecule has 0 aliphatic carbocycles. The topological polar surface area (TPSA) is 29.5 Å². The number of carbonyl (C=O) groups excluding carboxylic acids is 1. The summed E-state index contributed by atoms with van der Waals surface area (Å²) in [5, 5.41) is 0. The Morgan fingerprint density at radius 2 is 1.78 bits per heavy atom. The standard InChI is InChI=1S/C20H29NO2/c1-5-8-9-10-19(21(6-2)7-3)16-13-17-11-14-18(15-12-17)20(22)23-4/h11-12,14-15,19H,5-10H2,1-4H3. The van der Waals surface area contributed by atoms with Crippen LogP contribution in [0.4, 0.5) is 0 Å². The zero-order valence-electron chi connectivity index (χ0n) is 14.9. The zero-order chi connectivity index (χ0) is 17.1. The molecule has 23 heavy (non-hydrogen) atoms. The molecule has 0 aliphatic heterocycles. The van der Waals surface area contributed by atoms with Crippen molar-refractivity contribution < 1.29 is 9.53 Å². The van der Waals surface area contributed by atoms with Gasteiger partial charge < -0.3 is 4.74 Å². The van der Waals surface area contributed by atoms with Gasteiger partial charge in [-0.05, 0) is 43.8 Å². The van der Waals surface area contributed by atoms with Crippen LogP contribution in [0.3, 0.4) is 0 Å². The molecule has 3 heteroatoms. The highest BCUT2D eigenvalue weighted by Gasteiger charge is 2.12. The Bertz CT molecular complexity index is 521. The van der Waals surface area contributed by atoms with E-state index in [0.717, 1.165) is 25.1 Å². The minimum absolute atomic E-state index is 0.303. The second kappa shape index (κ2) is 10.9. The molecule has 0 saturated carbocycles. The summed E-state index contributed by atoms with van der Waals surface area (Å²) in [5.74, 6) is 6.37. The van der Waals surface area contributed by atoms with Gasteiger partial charge in [-0.25, -0.2) is 4.79 Å². The van der Waals surface area contributed by atoms with Crippen LogP contribution < -0.4 is 0 Å². The number of nitrogens with zero attached hydrogens (tertiary/aromatic N) is 1. The van der Waals surface area contributed by atoms with Crippen molar-refractivity contribution in [1.82, 2.24) is 4.90 Å². The van der Waals surface area contributed by atoms with E-state index in [1.807, 2.05) is 12.1 Å². The second-order valence-electron chi connectivity index (χ2n) is 5.57. The maximum absolute atomic E-state index is 11.4. The SMILES string of the molecule is CCCCCC(C#Cc1ccc(C(=O)OC)cc1)N(CC)CC. The Morgan fingerprint density at radius 1 is 1.13 bits per heavy atom. The molecular weight excluding hydrogens is 286 g/mol. The monoisotopic (exact) mass is 315 g/mol. The first-order chi connectivity index (χ1) is 11.2. The van der Waals surface area contributed by atoms with Crippen molar-refractivity contribution >= 4 is 5.97 Å². The molecule has 126 valence electrons. The van der Waals surface area contributed by atoms with Gasteiger partial charge in [-0.2, -0.15) is 0 Å². The van der Waals surface area contributed by atoms with E-state index in [4.69, 9.17) is 4.74 Å². The van der Waals surface area contributed by atoms with Crippen molar-refractivity contribution in [2.45, 2.75) is 52.5 Å². The van der Waals surface area contributed by atoms with E-state index in [1.54, 1.807) is 12.1 Å². The zero-order valence-corrected chi connectivity index (χ0v) is 14.9.